The Labute approximate surface area is 190 Å². The van der Waals surface area contributed by atoms with Crippen molar-refractivity contribution in [3.63, 3.8) is 0 Å². The lowest BCUT2D eigenvalue weighted by molar-refractivity contribution is -0.122. The lowest BCUT2D eigenvalue weighted by atomic mass is 10.00. The lowest BCUT2D eigenvalue weighted by Gasteiger charge is -2.40. The van der Waals surface area contributed by atoms with Crippen LogP contribution in [0.2, 0.25) is 0 Å². The molecule has 4 heterocycles. The van der Waals surface area contributed by atoms with Crippen LogP contribution < -0.4 is 0 Å². The van der Waals surface area contributed by atoms with Crippen LogP contribution in [0.4, 0.5) is 0 Å². The minimum Gasteiger partial charge on any atom is -0.483 e. The van der Waals surface area contributed by atoms with Gasteiger partial charge in [-0.25, -0.2) is 0 Å². The molecular formula is C22H28N4O5S. The molecular weight excluding hydrogens is 432 g/mol. The second-order valence-electron chi connectivity index (χ2n) is 8.10. The van der Waals surface area contributed by atoms with E-state index in [4.69, 9.17) is 23.9 Å². The summed E-state index contributed by atoms with van der Waals surface area (Å²) in [5.74, 6) is 1.24. The highest BCUT2D eigenvalue weighted by Gasteiger charge is 2.43. The summed E-state index contributed by atoms with van der Waals surface area (Å²) in [7, 11) is 1.63. The van der Waals surface area contributed by atoms with Gasteiger partial charge in [0.2, 0.25) is 5.89 Å². The highest BCUT2D eigenvalue weighted by molar-refractivity contribution is 7.17. The van der Waals surface area contributed by atoms with E-state index in [1.54, 1.807) is 7.11 Å². The molecule has 1 N–H and O–H groups in total. The molecule has 2 aromatic heterocycles. The van der Waals surface area contributed by atoms with Crippen molar-refractivity contribution in [2.45, 2.75) is 31.7 Å². The highest BCUT2D eigenvalue weighted by atomic mass is 32.1. The monoisotopic (exact) mass is 460 g/mol. The second kappa shape index (κ2) is 10.5. The number of fused-ring (bicyclic) bond motifs is 1. The van der Waals surface area contributed by atoms with Gasteiger partial charge >= 0.3 is 0 Å². The Morgan fingerprint density at radius 2 is 2.03 bits per heavy atom. The lowest BCUT2D eigenvalue weighted by Crippen LogP contribution is -2.52. The van der Waals surface area contributed by atoms with Gasteiger partial charge in [-0.15, -0.1) is 11.3 Å². The van der Waals surface area contributed by atoms with Crippen molar-refractivity contribution in [1.82, 2.24) is 19.9 Å². The zero-order valence-corrected chi connectivity index (χ0v) is 18.9. The Morgan fingerprint density at radius 1 is 1.25 bits per heavy atom. The van der Waals surface area contributed by atoms with Gasteiger partial charge in [-0.1, -0.05) is 23.4 Å². The quantitative estimate of drug-likeness (QED) is 0.556. The highest BCUT2D eigenvalue weighted by Crippen LogP contribution is 2.32. The number of methoxy groups -OCH3 is 1. The molecule has 10 heteroatoms. The molecule has 2 aliphatic heterocycles. The number of ether oxygens (including phenoxy) is 2. The van der Waals surface area contributed by atoms with Crippen molar-refractivity contribution in [2.24, 2.45) is 0 Å². The van der Waals surface area contributed by atoms with E-state index in [2.05, 4.69) is 49.6 Å². The van der Waals surface area contributed by atoms with Crippen molar-refractivity contribution in [3.8, 4) is 0 Å². The Balaban J connectivity index is 0.000000775. The molecule has 0 radical (unpaired) electrons. The molecule has 3 aromatic rings. The van der Waals surface area contributed by atoms with Crippen LogP contribution in [0.15, 0.2) is 34.2 Å². The number of thiophene rings is 1. The number of hydrogen-bond donors (Lipinski definition) is 1. The number of hydrogen-bond acceptors (Lipinski definition) is 9. The fourth-order valence-corrected chi connectivity index (χ4v) is 5.45. The van der Waals surface area contributed by atoms with Gasteiger partial charge in [0.15, 0.2) is 5.82 Å². The average molecular weight is 461 g/mol. The molecule has 2 aliphatic rings. The predicted octanol–water partition coefficient (Wildman–Crippen LogP) is 2.61. The van der Waals surface area contributed by atoms with Crippen LogP contribution in [0.1, 0.15) is 23.7 Å². The SMILES string of the molecule is COCc1noc(CN2CCC3(C2)CN(Cc2csc4ccccc24)CCO3)n1.O=CO. The summed E-state index contributed by atoms with van der Waals surface area (Å²) in [6.07, 6.45) is 1.03. The first-order chi connectivity index (χ1) is 15.6. The zero-order chi connectivity index (χ0) is 22.4. The second-order valence-corrected chi connectivity index (χ2v) is 9.01. The Hall–Kier alpha value is -2.37. The fourth-order valence-electron chi connectivity index (χ4n) is 4.50. The van der Waals surface area contributed by atoms with E-state index >= 15 is 0 Å². The van der Waals surface area contributed by atoms with Crippen molar-refractivity contribution in [2.75, 3.05) is 39.9 Å². The Morgan fingerprint density at radius 3 is 2.84 bits per heavy atom. The van der Waals surface area contributed by atoms with Crippen molar-refractivity contribution < 1.29 is 23.9 Å². The van der Waals surface area contributed by atoms with E-state index < -0.39 is 0 Å². The van der Waals surface area contributed by atoms with Gasteiger partial charge in [-0.05, 0) is 28.8 Å². The van der Waals surface area contributed by atoms with Crippen LogP contribution in [0, 0.1) is 0 Å². The Bertz CT molecular complexity index is 1020. The fraction of sp³-hybridized carbons (Fsp3) is 0.500. The van der Waals surface area contributed by atoms with Crippen LogP contribution in [-0.4, -0.2) is 77.0 Å². The maximum absolute atomic E-state index is 8.36. The van der Waals surface area contributed by atoms with Gasteiger partial charge < -0.3 is 19.1 Å². The largest absolute Gasteiger partial charge is 0.483 e. The summed E-state index contributed by atoms with van der Waals surface area (Å²) in [6, 6.07) is 8.68. The van der Waals surface area contributed by atoms with Crippen LogP contribution >= 0.6 is 11.3 Å². The molecule has 5 rings (SSSR count). The van der Waals surface area contributed by atoms with Gasteiger partial charge in [0, 0.05) is 44.5 Å². The molecule has 0 aliphatic carbocycles. The maximum Gasteiger partial charge on any atom is 0.290 e. The average Bonchev–Trinajstić information content (AvgIpc) is 3.50. The first-order valence-electron chi connectivity index (χ1n) is 10.6. The predicted molar refractivity (Wildman–Crippen MR) is 119 cm³/mol. The Kier molecular flexibility index (Phi) is 7.48. The van der Waals surface area contributed by atoms with E-state index in [0.29, 0.717) is 24.9 Å². The summed E-state index contributed by atoms with van der Waals surface area (Å²) in [6.45, 7) is 6.39. The number of rotatable bonds is 6. The molecule has 1 aromatic carbocycles. The number of likely N-dealkylation sites (tertiary alicyclic amines) is 1. The summed E-state index contributed by atoms with van der Waals surface area (Å²) in [4.78, 5) is 17.7. The molecule has 0 bridgehead atoms. The topological polar surface area (TPSA) is 101 Å². The number of morpholine rings is 1. The molecule has 1 atom stereocenters. The van der Waals surface area contributed by atoms with E-state index in [9.17, 15) is 0 Å². The van der Waals surface area contributed by atoms with Gasteiger partial charge in [-0.2, -0.15) is 4.98 Å². The zero-order valence-electron chi connectivity index (χ0n) is 18.1. The van der Waals surface area contributed by atoms with E-state index in [-0.39, 0.29) is 12.1 Å². The number of carbonyl (C=O) groups is 1. The molecule has 2 saturated heterocycles. The molecule has 172 valence electrons. The van der Waals surface area contributed by atoms with E-state index in [1.807, 2.05) is 11.3 Å². The van der Waals surface area contributed by atoms with Crippen molar-refractivity contribution in [1.29, 1.82) is 0 Å². The summed E-state index contributed by atoms with van der Waals surface area (Å²) >= 11 is 1.83. The number of nitrogens with zero attached hydrogens (tertiary/aromatic N) is 4. The molecule has 0 amide bonds. The maximum atomic E-state index is 8.36. The summed E-state index contributed by atoms with van der Waals surface area (Å²) in [5, 5.41) is 14.5. The van der Waals surface area contributed by atoms with Crippen molar-refractivity contribution >= 4 is 27.9 Å². The summed E-state index contributed by atoms with van der Waals surface area (Å²) in [5.41, 5.74) is 1.33. The molecule has 9 nitrogen and oxygen atoms in total. The van der Waals surface area contributed by atoms with Crippen LogP contribution in [0.5, 0.6) is 0 Å². The third-order valence-corrected chi connectivity index (χ3v) is 6.83. The van der Waals surface area contributed by atoms with Crippen LogP contribution in [-0.2, 0) is 34.0 Å². The van der Waals surface area contributed by atoms with E-state index in [0.717, 1.165) is 45.8 Å². The third-order valence-electron chi connectivity index (χ3n) is 5.82. The molecule has 1 unspecified atom stereocenters. The smallest absolute Gasteiger partial charge is 0.290 e. The number of aromatic nitrogens is 2. The van der Waals surface area contributed by atoms with Gasteiger partial charge in [-0.3, -0.25) is 14.6 Å². The first-order valence-corrected chi connectivity index (χ1v) is 11.4. The number of carboxylic acid groups (broad SMARTS) is 1. The minimum absolute atomic E-state index is 0.0978. The first kappa shape index (κ1) is 22.8. The van der Waals surface area contributed by atoms with Gasteiger partial charge in [0.25, 0.3) is 6.47 Å². The molecule has 32 heavy (non-hydrogen) atoms. The number of benzene rings is 1. The standard InChI is InChI=1S/C21H26N4O3S.CH2O2/c1-26-12-19-22-20(28-23-19)11-24-7-6-21(14-24)15-25(8-9-27-21)10-16-13-29-18-5-3-2-4-17(16)18;2-1-3/h2-5,13H,6-12,14-15H2,1H3;1H,(H,2,3). The normalized spacial score (nSPS) is 21.7. The molecule has 2 fully saturated rings. The van der Waals surface area contributed by atoms with Gasteiger partial charge in [0.05, 0.1) is 18.8 Å². The van der Waals surface area contributed by atoms with Crippen LogP contribution in [0.3, 0.4) is 0 Å². The van der Waals surface area contributed by atoms with Crippen molar-refractivity contribution in [3.05, 3.63) is 46.9 Å². The molecule has 1 spiro atoms. The summed E-state index contributed by atoms with van der Waals surface area (Å²) < 4.78 is 18.1. The van der Waals surface area contributed by atoms with E-state index in [1.165, 1.54) is 15.6 Å². The van der Waals surface area contributed by atoms with Crippen LogP contribution in [0.25, 0.3) is 10.1 Å². The molecule has 0 saturated carbocycles. The van der Waals surface area contributed by atoms with Gasteiger partial charge in [0.1, 0.15) is 6.61 Å². The minimum atomic E-state index is -0.250. The third kappa shape index (κ3) is 5.33.